The van der Waals surface area contributed by atoms with Crippen LogP contribution in [0.5, 0.6) is 11.5 Å². The number of carbonyl (C=O) groups is 2. The van der Waals surface area contributed by atoms with Gasteiger partial charge >= 0.3 is 5.97 Å². The number of aromatic nitrogens is 1. The van der Waals surface area contributed by atoms with Gasteiger partial charge in [-0.05, 0) is 43.7 Å². The summed E-state index contributed by atoms with van der Waals surface area (Å²) in [5.41, 5.74) is 1.20. The fourth-order valence-electron chi connectivity index (χ4n) is 4.33. The van der Waals surface area contributed by atoms with Crippen LogP contribution in [0.4, 0.5) is 5.13 Å². The zero-order valence-electron chi connectivity index (χ0n) is 20.0. The van der Waals surface area contributed by atoms with Gasteiger partial charge in [0.25, 0.3) is 5.91 Å². The number of aryl methyl sites for hydroxylation is 1. The van der Waals surface area contributed by atoms with Crippen molar-refractivity contribution in [1.29, 1.82) is 0 Å². The highest BCUT2D eigenvalue weighted by Crippen LogP contribution is 2.44. The summed E-state index contributed by atoms with van der Waals surface area (Å²) in [6, 6.07) is 11.1. The lowest BCUT2D eigenvalue weighted by Gasteiger charge is -2.23. The molecule has 36 heavy (non-hydrogen) atoms. The van der Waals surface area contributed by atoms with Crippen LogP contribution in [0.25, 0.3) is 11.0 Å². The SMILES string of the molecule is CCOC(=O)c1sc(N2C(=O)c3oc4ccccc4c(=O)c3[C@@H]2c2ccc(OC)c(OC)c2)nc1C. The Hall–Kier alpha value is -4.18. The number of hydrogen-bond acceptors (Lipinski definition) is 9. The van der Waals surface area contributed by atoms with Crippen LogP contribution in [0.15, 0.2) is 51.7 Å². The van der Waals surface area contributed by atoms with E-state index in [1.54, 1.807) is 56.3 Å². The summed E-state index contributed by atoms with van der Waals surface area (Å²) >= 11 is 1.03. The molecule has 9 nitrogen and oxygen atoms in total. The third kappa shape index (κ3) is 3.61. The van der Waals surface area contributed by atoms with Crippen molar-refractivity contribution in [1.82, 2.24) is 4.98 Å². The summed E-state index contributed by atoms with van der Waals surface area (Å²) in [5.74, 6) is -0.188. The first kappa shape index (κ1) is 23.6. The Bertz CT molecular complexity index is 1570. The van der Waals surface area contributed by atoms with Crippen molar-refractivity contribution in [3.8, 4) is 11.5 Å². The van der Waals surface area contributed by atoms with Crippen molar-refractivity contribution in [2.75, 3.05) is 25.7 Å². The number of para-hydroxylation sites is 1. The lowest BCUT2D eigenvalue weighted by molar-refractivity contribution is 0.0531. The molecule has 0 radical (unpaired) electrons. The van der Waals surface area contributed by atoms with Crippen LogP contribution in [0, 0.1) is 6.92 Å². The van der Waals surface area contributed by atoms with E-state index in [1.807, 2.05) is 0 Å². The Balaban J connectivity index is 1.76. The quantitative estimate of drug-likeness (QED) is 0.352. The summed E-state index contributed by atoms with van der Waals surface area (Å²) in [7, 11) is 3.03. The van der Waals surface area contributed by atoms with E-state index < -0.39 is 17.9 Å². The monoisotopic (exact) mass is 506 g/mol. The van der Waals surface area contributed by atoms with Crippen molar-refractivity contribution in [3.05, 3.63) is 80.1 Å². The molecule has 0 fully saturated rings. The molecule has 0 aliphatic carbocycles. The Labute approximate surface area is 209 Å². The summed E-state index contributed by atoms with van der Waals surface area (Å²) in [6.45, 7) is 3.59. The molecule has 0 N–H and O–H groups in total. The van der Waals surface area contributed by atoms with Gasteiger partial charge in [-0.2, -0.15) is 0 Å². The largest absolute Gasteiger partial charge is 0.493 e. The number of rotatable bonds is 6. The second-order valence-corrected chi connectivity index (χ2v) is 8.97. The summed E-state index contributed by atoms with van der Waals surface area (Å²) in [6.07, 6.45) is 0. The van der Waals surface area contributed by atoms with Crippen LogP contribution in [-0.4, -0.2) is 37.7 Å². The van der Waals surface area contributed by atoms with Crippen LogP contribution < -0.4 is 19.8 Å². The van der Waals surface area contributed by atoms with Crippen LogP contribution in [-0.2, 0) is 4.74 Å². The summed E-state index contributed by atoms with van der Waals surface area (Å²) in [4.78, 5) is 46.1. The fraction of sp³-hybridized carbons (Fsp3) is 0.231. The third-order valence-corrected chi connectivity index (χ3v) is 7.09. The third-order valence-electron chi connectivity index (χ3n) is 5.95. The number of ether oxygens (including phenoxy) is 3. The van der Waals surface area contributed by atoms with E-state index in [0.717, 1.165) is 11.3 Å². The highest BCUT2D eigenvalue weighted by molar-refractivity contribution is 7.17. The minimum absolute atomic E-state index is 0.0657. The van der Waals surface area contributed by atoms with Gasteiger partial charge in [0.05, 0.1) is 43.5 Å². The molecule has 0 saturated carbocycles. The Morgan fingerprint density at radius 3 is 2.58 bits per heavy atom. The first-order valence-corrected chi connectivity index (χ1v) is 12.0. The first-order chi connectivity index (χ1) is 17.4. The highest BCUT2D eigenvalue weighted by atomic mass is 32.1. The molecule has 1 atom stereocenters. The molecule has 0 spiro atoms. The van der Waals surface area contributed by atoms with Gasteiger partial charge in [0, 0.05) is 0 Å². The molecule has 1 amide bonds. The fourth-order valence-corrected chi connectivity index (χ4v) is 5.31. The number of carbonyl (C=O) groups excluding carboxylic acids is 2. The minimum Gasteiger partial charge on any atom is -0.493 e. The number of fused-ring (bicyclic) bond motifs is 2. The van der Waals surface area contributed by atoms with E-state index in [-0.39, 0.29) is 33.4 Å². The van der Waals surface area contributed by atoms with Gasteiger partial charge in [-0.3, -0.25) is 14.5 Å². The van der Waals surface area contributed by atoms with Gasteiger partial charge in [0.2, 0.25) is 5.76 Å². The molecule has 2 aromatic heterocycles. The smallest absolute Gasteiger partial charge is 0.350 e. The standard InChI is InChI=1S/C26H22N2O7S/c1-5-34-25(31)23-13(2)27-26(36-23)28-20(14-10-11-17(32-3)18(12-14)33-4)19-21(29)15-8-6-7-9-16(15)35-22(19)24(28)30/h6-12,20H,5H2,1-4H3/t20-/m0/s1. The Morgan fingerprint density at radius 1 is 1.11 bits per heavy atom. The lowest BCUT2D eigenvalue weighted by atomic mass is 9.98. The van der Waals surface area contributed by atoms with Crippen LogP contribution in [0.2, 0.25) is 0 Å². The molecule has 3 heterocycles. The average Bonchev–Trinajstić information content (AvgIpc) is 3.41. The molecule has 0 bridgehead atoms. The van der Waals surface area contributed by atoms with Crippen molar-refractivity contribution in [3.63, 3.8) is 0 Å². The molecule has 2 aromatic carbocycles. The summed E-state index contributed by atoms with van der Waals surface area (Å²) < 4.78 is 21.9. The topological polar surface area (TPSA) is 108 Å². The van der Waals surface area contributed by atoms with E-state index in [4.69, 9.17) is 18.6 Å². The molecular weight excluding hydrogens is 484 g/mol. The Kier molecular flexibility index (Phi) is 5.97. The first-order valence-electron chi connectivity index (χ1n) is 11.1. The zero-order valence-corrected chi connectivity index (χ0v) is 20.8. The van der Waals surface area contributed by atoms with E-state index >= 15 is 0 Å². The number of benzene rings is 2. The maximum absolute atomic E-state index is 13.8. The molecule has 1 aliphatic rings. The van der Waals surface area contributed by atoms with Gasteiger partial charge in [-0.25, -0.2) is 9.78 Å². The van der Waals surface area contributed by atoms with Gasteiger partial charge in [0.1, 0.15) is 10.5 Å². The minimum atomic E-state index is -0.867. The maximum atomic E-state index is 13.8. The number of amides is 1. The molecule has 5 rings (SSSR count). The predicted molar refractivity (Wildman–Crippen MR) is 133 cm³/mol. The molecular formula is C26H22N2O7S. The Morgan fingerprint density at radius 2 is 1.86 bits per heavy atom. The number of hydrogen-bond donors (Lipinski definition) is 0. The lowest BCUT2D eigenvalue weighted by Crippen LogP contribution is -2.29. The van der Waals surface area contributed by atoms with E-state index in [9.17, 15) is 14.4 Å². The van der Waals surface area contributed by atoms with Crippen LogP contribution >= 0.6 is 11.3 Å². The van der Waals surface area contributed by atoms with E-state index in [2.05, 4.69) is 4.98 Å². The van der Waals surface area contributed by atoms with Crippen LogP contribution in [0.3, 0.4) is 0 Å². The number of thiazole rings is 1. The molecule has 1 aliphatic heterocycles. The zero-order chi connectivity index (χ0) is 25.6. The maximum Gasteiger partial charge on any atom is 0.350 e. The highest BCUT2D eigenvalue weighted by Gasteiger charge is 2.45. The average molecular weight is 507 g/mol. The molecule has 0 saturated heterocycles. The number of nitrogens with zero attached hydrogens (tertiary/aromatic N) is 2. The number of methoxy groups -OCH3 is 2. The molecule has 10 heteroatoms. The molecule has 0 unspecified atom stereocenters. The van der Waals surface area contributed by atoms with Gasteiger partial charge in [-0.1, -0.05) is 29.5 Å². The predicted octanol–water partition coefficient (Wildman–Crippen LogP) is 4.50. The normalized spacial score (nSPS) is 14.7. The van der Waals surface area contributed by atoms with E-state index in [1.165, 1.54) is 19.1 Å². The van der Waals surface area contributed by atoms with Crippen molar-refractivity contribution in [2.45, 2.75) is 19.9 Å². The number of anilines is 1. The van der Waals surface area contributed by atoms with Crippen molar-refractivity contribution < 1.29 is 28.2 Å². The van der Waals surface area contributed by atoms with Crippen molar-refractivity contribution in [2.24, 2.45) is 0 Å². The van der Waals surface area contributed by atoms with Gasteiger partial charge < -0.3 is 18.6 Å². The van der Waals surface area contributed by atoms with Crippen LogP contribution in [0.1, 0.15) is 50.0 Å². The second-order valence-electron chi connectivity index (χ2n) is 7.99. The molecule has 4 aromatic rings. The number of esters is 1. The van der Waals surface area contributed by atoms with Gasteiger partial charge in [0.15, 0.2) is 22.1 Å². The summed E-state index contributed by atoms with van der Waals surface area (Å²) in [5, 5.41) is 0.606. The van der Waals surface area contributed by atoms with Crippen molar-refractivity contribution >= 4 is 39.3 Å². The van der Waals surface area contributed by atoms with Gasteiger partial charge in [-0.15, -0.1) is 0 Å². The van der Waals surface area contributed by atoms with E-state index in [0.29, 0.717) is 33.7 Å². The second kappa shape index (κ2) is 9.12. The molecule has 184 valence electrons.